The summed E-state index contributed by atoms with van der Waals surface area (Å²) in [5.74, 6) is 0.0776. The molecular formula is C16H17F2NO. The molecular weight excluding hydrogens is 260 g/mol. The van der Waals surface area contributed by atoms with E-state index >= 15 is 0 Å². The standard InChI is InChI=1S/C16H17F2NO/c1-3-19-10-13-14(17)5-4-6-16(13)20-12-8-7-11(2)15(18)9-12/h4-9,19H,3,10H2,1-2H3. The van der Waals surface area contributed by atoms with Crippen LogP contribution in [-0.2, 0) is 6.54 Å². The molecule has 2 aromatic carbocycles. The number of benzene rings is 2. The van der Waals surface area contributed by atoms with Crippen LogP contribution in [0.5, 0.6) is 11.5 Å². The van der Waals surface area contributed by atoms with Crippen LogP contribution in [0.4, 0.5) is 8.78 Å². The van der Waals surface area contributed by atoms with E-state index in [1.165, 1.54) is 12.1 Å². The summed E-state index contributed by atoms with van der Waals surface area (Å²) in [7, 11) is 0. The topological polar surface area (TPSA) is 21.3 Å². The molecule has 0 saturated heterocycles. The van der Waals surface area contributed by atoms with Gasteiger partial charge in [-0.3, -0.25) is 0 Å². The fourth-order valence-electron chi connectivity index (χ4n) is 1.82. The molecule has 0 aliphatic heterocycles. The Hall–Kier alpha value is -1.94. The van der Waals surface area contributed by atoms with Crippen molar-refractivity contribution in [1.29, 1.82) is 0 Å². The van der Waals surface area contributed by atoms with Gasteiger partial charge in [-0.25, -0.2) is 8.78 Å². The van der Waals surface area contributed by atoms with E-state index in [1.807, 2.05) is 6.92 Å². The molecule has 0 radical (unpaired) electrons. The second kappa shape index (κ2) is 6.48. The molecule has 1 N–H and O–H groups in total. The number of rotatable bonds is 5. The Morgan fingerprint density at radius 2 is 1.90 bits per heavy atom. The van der Waals surface area contributed by atoms with Crippen molar-refractivity contribution in [2.75, 3.05) is 6.54 Å². The number of halogens is 2. The Morgan fingerprint density at radius 3 is 2.60 bits per heavy atom. The molecule has 0 aliphatic carbocycles. The zero-order chi connectivity index (χ0) is 14.5. The van der Waals surface area contributed by atoms with E-state index in [-0.39, 0.29) is 11.6 Å². The number of hydrogen-bond donors (Lipinski definition) is 1. The predicted octanol–water partition coefficient (Wildman–Crippen LogP) is 4.18. The third-order valence-corrected chi connectivity index (χ3v) is 3.00. The van der Waals surface area contributed by atoms with Gasteiger partial charge in [-0.05, 0) is 37.2 Å². The molecule has 0 aromatic heterocycles. The smallest absolute Gasteiger partial charge is 0.134 e. The lowest BCUT2D eigenvalue weighted by molar-refractivity contribution is 0.458. The minimum atomic E-state index is -0.341. The van der Waals surface area contributed by atoms with Gasteiger partial charge >= 0.3 is 0 Å². The van der Waals surface area contributed by atoms with E-state index in [9.17, 15) is 8.78 Å². The summed E-state index contributed by atoms with van der Waals surface area (Å²) in [5, 5.41) is 3.06. The van der Waals surface area contributed by atoms with Crippen LogP contribution in [-0.4, -0.2) is 6.54 Å². The lowest BCUT2D eigenvalue weighted by Gasteiger charge is -2.12. The number of nitrogens with one attached hydrogen (secondary N) is 1. The van der Waals surface area contributed by atoms with Crippen LogP contribution >= 0.6 is 0 Å². The van der Waals surface area contributed by atoms with E-state index in [0.717, 1.165) is 6.54 Å². The van der Waals surface area contributed by atoms with Gasteiger partial charge in [0.05, 0.1) is 0 Å². The lowest BCUT2D eigenvalue weighted by atomic mass is 10.1. The number of aryl methyl sites for hydroxylation is 1. The maximum Gasteiger partial charge on any atom is 0.134 e. The van der Waals surface area contributed by atoms with Crippen molar-refractivity contribution in [3.05, 3.63) is 59.2 Å². The van der Waals surface area contributed by atoms with Gasteiger partial charge in [-0.15, -0.1) is 0 Å². The lowest BCUT2D eigenvalue weighted by Crippen LogP contribution is -2.13. The van der Waals surface area contributed by atoms with Gasteiger partial charge in [0.1, 0.15) is 23.1 Å². The van der Waals surface area contributed by atoms with Crippen molar-refractivity contribution in [3.8, 4) is 11.5 Å². The van der Waals surface area contributed by atoms with Crippen molar-refractivity contribution < 1.29 is 13.5 Å². The average molecular weight is 277 g/mol. The molecule has 0 heterocycles. The number of hydrogen-bond acceptors (Lipinski definition) is 2. The summed E-state index contributed by atoms with van der Waals surface area (Å²) in [6.45, 7) is 4.72. The monoisotopic (exact) mass is 277 g/mol. The second-order valence-electron chi connectivity index (χ2n) is 4.51. The molecule has 0 unspecified atom stereocenters. The van der Waals surface area contributed by atoms with Crippen LogP contribution in [0.1, 0.15) is 18.1 Å². The molecule has 0 spiro atoms. The van der Waals surface area contributed by atoms with Crippen LogP contribution < -0.4 is 10.1 Å². The Balaban J connectivity index is 2.28. The summed E-state index contributed by atoms with van der Waals surface area (Å²) in [6.07, 6.45) is 0. The van der Waals surface area contributed by atoms with Crippen LogP contribution in [0.25, 0.3) is 0 Å². The van der Waals surface area contributed by atoms with E-state index in [0.29, 0.717) is 29.2 Å². The molecule has 4 heteroatoms. The minimum absolute atomic E-state index is 0.337. The Bertz CT molecular complexity index is 599. The molecule has 0 saturated carbocycles. The maximum atomic E-state index is 13.8. The maximum absolute atomic E-state index is 13.8. The van der Waals surface area contributed by atoms with Crippen LogP contribution in [0.3, 0.4) is 0 Å². The molecule has 20 heavy (non-hydrogen) atoms. The Kier molecular flexibility index (Phi) is 4.69. The Labute approximate surface area is 117 Å². The highest BCUT2D eigenvalue weighted by atomic mass is 19.1. The largest absolute Gasteiger partial charge is 0.457 e. The fraction of sp³-hybridized carbons (Fsp3) is 0.250. The third-order valence-electron chi connectivity index (χ3n) is 3.00. The van der Waals surface area contributed by atoms with Gasteiger partial charge in [0, 0.05) is 18.2 Å². The molecule has 2 aromatic rings. The molecule has 0 bridgehead atoms. The number of ether oxygens (including phenoxy) is 1. The van der Waals surface area contributed by atoms with E-state index in [4.69, 9.17) is 4.74 Å². The highest BCUT2D eigenvalue weighted by molar-refractivity contribution is 5.39. The molecule has 106 valence electrons. The van der Waals surface area contributed by atoms with Crippen LogP contribution in [0.2, 0.25) is 0 Å². The zero-order valence-corrected chi connectivity index (χ0v) is 11.5. The van der Waals surface area contributed by atoms with Crippen LogP contribution in [0.15, 0.2) is 36.4 Å². The van der Waals surface area contributed by atoms with Crippen molar-refractivity contribution >= 4 is 0 Å². The molecule has 0 aliphatic rings. The first-order valence-electron chi connectivity index (χ1n) is 6.54. The minimum Gasteiger partial charge on any atom is -0.457 e. The summed E-state index contributed by atoms with van der Waals surface area (Å²) < 4.78 is 32.9. The first kappa shape index (κ1) is 14.5. The zero-order valence-electron chi connectivity index (χ0n) is 11.5. The first-order chi connectivity index (χ1) is 9.61. The first-order valence-corrected chi connectivity index (χ1v) is 6.54. The third kappa shape index (κ3) is 3.33. The normalized spacial score (nSPS) is 10.6. The highest BCUT2D eigenvalue weighted by Crippen LogP contribution is 2.28. The predicted molar refractivity (Wildman–Crippen MR) is 75.0 cm³/mol. The van der Waals surface area contributed by atoms with Crippen LogP contribution in [0, 0.1) is 18.6 Å². The van der Waals surface area contributed by atoms with Gasteiger partial charge in [0.15, 0.2) is 0 Å². The van der Waals surface area contributed by atoms with Crippen molar-refractivity contribution in [1.82, 2.24) is 5.32 Å². The quantitative estimate of drug-likeness (QED) is 0.885. The highest BCUT2D eigenvalue weighted by Gasteiger charge is 2.10. The van der Waals surface area contributed by atoms with Crippen molar-refractivity contribution in [2.24, 2.45) is 0 Å². The van der Waals surface area contributed by atoms with E-state index in [2.05, 4.69) is 5.32 Å². The van der Waals surface area contributed by atoms with Crippen molar-refractivity contribution in [3.63, 3.8) is 0 Å². The molecule has 2 rings (SSSR count). The van der Waals surface area contributed by atoms with Gasteiger partial charge in [-0.1, -0.05) is 19.1 Å². The van der Waals surface area contributed by atoms with Gasteiger partial charge < -0.3 is 10.1 Å². The molecule has 0 amide bonds. The van der Waals surface area contributed by atoms with Gasteiger partial charge in [0.2, 0.25) is 0 Å². The Morgan fingerprint density at radius 1 is 1.10 bits per heavy atom. The SMILES string of the molecule is CCNCc1c(F)cccc1Oc1ccc(C)c(F)c1. The summed E-state index contributed by atoms with van der Waals surface area (Å²) in [6, 6.07) is 9.24. The van der Waals surface area contributed by atoms with E-state index in [1.54, 1.807) is 31.2 Å². The molecule has 0 atom stereocenters. The second-order valence-corrected chi connectivity index (χ2v) is 4.51. The van der Waals surface area contributed by atoms with Crippen molar-refractivity contribution in [2.45, 2.75) is 20.4 Å². The van der Waals surface area contributed by atoms with Gasteiger partial charge in [0.25, 0.3) is 0 Å². The van der Waals surface area contributed by atoms with E-state index < -0.39 is 0 Å². The van der Waals surface area contributed by atoms with Gasteiger partial charge in [-0.2, -0.15) is 0 Å². The summed E-state index contributed by atoms with van der Waals surface area (Å²) >= 11 is 0. The molecule has 2 nitrogen and oxygen atoms in total. The molecule has 0 fully saturated rings. The summed E-state index contributed by atoms with van der Waals surface area (Å²) in [4.78, 5) is 0. The average Bonchev–Trinajstić information content (AvgIpc) is 2.42. The summed E-state index contributed by atoms with van der Waals surface area (Å²) in [5.41, 5.74) is 0.986. The fourth-order valence-corrected chi connectivity index (χ4v) is 1.82.